The molecular weight excluding hydrogens is 224 g/mol. The minimum absolute atomic E-state index is 0.237. The Balaban J connectivity index is 2.39. The Morgan fingerprint density at radius 2 is 2.20 bits per heavy atom. The van der Waals surface area contributed by atoms with E-state index in [9.17, 15) is 0 Å². The molecule has 0 aliphatic heterocycles. The largest absolute Gasteiger partial charge is 0.308 e. The Kier molecular flexibility index (Phi) is 3.19. The van der Waals surface area contributed by atoms with Crippen LogP contribution in [-0.4, -0.2) is 12.0 Å². The van der Waals surface area contributed by atoms with Gasteiger partial charge in [0.05, 0.1) is 17.2 Å². The molecule has 0 amide bonds. The van der Waals surface area contributed by atoms with Crippen LogP contribution in [0, 0.1) is 13.8 Å². The third-order valence-electron chi connectivity index (χ3n) is 2.43. The summed E-state index contributed by atoms with van der Waals surface area (Å²) in [5, 5.41) is 5.43. The summed E-state index contributed by atoms with van der Waals surface area (Å²) in [5.41, 5.74) is 4.35. The number of thiophene rings is 1. The summed E-state index contributed by atoms with van der Waals surface area (Å²) in [6, 6.07) is 2.49. The molecule has 1 N–H and O–H groups in total. The standard InChI is InChI=1S/C11H14N2S2/c1-7-4-9(8(2)15-7)11(12-3)10-5-14-6-13-10/h4-6,11-12H,1-3H3. The molecule has 0 saturated carbocycles. The molecule has 0 bridgehead atoms. The van der Waals surface area contributed by atoms with Crippen molar-refractivity contribution in [1.29, 1.82) is 0 Å². The molecule has 0 radical (unpaired) electrons. The zero-order valence-electron chi connectivity index (χ0n) is 9.07. The van der Waals surface area contributed by atoms with E-state index in [4.69, 9.17) is 0 Å². The molecule has 0 aromatic carbocycles. The van der Waals surface area contributed by atoms with Crippen LogP contribution < -0.4 is 5.32 Å². The van der Waals surface area contributed by atoms with Crippen molar-refractivity contribution in [1.82, 2.24) is 10.3 Å². The molecule has 1 atom stereocenters. The van der Waals surface area contributed by atoms with E-state index in [1.54, 1.807) is 11.3 Å². The predicted molar refractivity (Wildman–Crippen MR) is 66.8 cm³/mol. The van der Waals surface area contributed by atoms with Gasteiger partial charge in [0.1, 0.15) is 0 Å². The quantitative estimate of drug-likeness (QED) is 0.888. The maximum Gasteiger partial charge on any atom is 0.0795 e. The minimum Gasteiger partial charge on any atom is -0.308 e. The first-order valence-corrected chi connectivity index (χ1v) is 6.60. The number of hydrogen-bond acceptors (Lipinski definition) is 4. The normalized spacial score (nSPS) is 13.0. The van der Waals surface area contributed by atoms with Gasteiger partial charge in [-0.3, -0.25) is 0 Å². The van der Waals surface area contributed by atoms with Gasteiger partial charge in [-0.25, -0.2) is 4.98 Å². The van der Waals surface area contributed by atoms with Crippen molar-refractivity contribution in [3.05, 3.63) is 38.0 Å². The first kappa shape index (κ1) is 10.8. The second kappa shape index (κ2) is 4.43. The highest BCUT2D eigenvalue weighted by Crippen LogP contribution is 2.30. The summed E-state index contributed by atoms with van der Waals surface area (Å²) in [7, 11) is 1.98. The Hall–Kier alpha value is -0.710. The van der Waals surface area contributed by atoms with E-state index in [-0.39, 0.29) is 6.04 Å². The molecule has 0 spiro atoms. The zero-order chi connectivity index (χ0) is 10.8. The smallest absolute Gasteiger partial charge is 0.0795 e. The van der Waals surface area contributed by atoms with Crippen molar-refractivity contribution in [2.24, 2.45) is 0 Å². The van der Waals surface area contributed by atoms with Gasteiger partial charge in [0.15, 0.2) is 0 Å². The van der Waals surface area contributed by atoms with Gasteiger partial charge in [-0.15, -0.1) is 22.7 Å². The molecule has 0 aliphatic carbocycles. The van der Waals surface area contributed by atoms with Crippen LogP contribution in [0.15, 0.2) is 17.0 Å². The van der Waals surface area contributed by atoms with Crippen LogP contribution in [0.2, 0.25) is 0 Å². The van der Waals surface area contributed by atoms with E-state index < -0.39 is 0 Å². The van der Waals surface area contributed by atoms with Crippen molar-refractivity contribution < 1.29 is 0 Å². The van der Waals surface area contributed by atoms with Gasteiger partial charge in [-0.1, -0.05) is 0 Å². The summed E-state index contributed by atoms with van der Waals surface area (Å²) in [6.45, 7) is 4.32. The highest BCUT2D eigenvalue weighted by atomic mass is 32.1. The van der Waals surface area contributed by atoms with Crippen LogP contribution in [0.4, 0.5) is 0 Å². The molecule has 80 valence electrons. The second-order valence-electron chi connectivity index (χ2n) is 3.50. The van der Waals surface area contributed by atoms with E-state index >= 15 is 0 Å². The Morgan fingerprint density at radius 1 is 1.40 bits per heavy atom. The van der Waals surface area contributed by atoms with Crippen LogP contribution in [0.5, 0.6) is 0 Å². The number of aromatic nitrogens is 1. The van der Waals surface area contributed by atoms with Gasteiger partial charge in [0.2, 0.25) is 0 Å². The monoisotopic (exact) mass is 238 g/mol. The van der Waals surface area contributed by atoms with Gasteiger partial charge < -0.3 is 5.32 Å². The molecule has 0 fully saturated rings. The van der Waals surface area contributed by atoms with Gasteiger partial charge in [-0.2, -0.15) is 0 Å². The summed E-state index contributed by atoms with van der Waals surface area (Å²) in [5.74, 6) is 0. The molecule has 15 heavy (non-hydrogen) atoms. The summed E-state index contributed by atoms with van der Waals surface area (Å²) >= 11 is 3.49. The van der Waals surface area contributed by atoms with Crippen molar-refractivity contribution in [2.75, 3.05) is 7.05 Å². The number of thiazole rings is 1. The molecule has 0 saturated heterocycles. The topological polar surface area (TPSA) is 24.9 Å². The minimum atomic E-state index is 0.237. The lowest BCUT2D eigenvalue weighted by atomic mass is 10.1. The third-order valence-corrected chi connectivity index (χ3v) is 4.01. The summed E-state index contributed by atoms with van der Waals surface area (Å²) in [6.07, 6.45) is 0. The van der Waals surface area contributed by atoms with Gasteiger partial charge in [0, 0.05) is 15.1 Å². The lowest BCUT2D eigenvalue weighted by molar-refractivity contribution is 0.674. The number of hydrogen-bond donors (Lipinski definition) is 1. The molecule has 2 nitrogen and oxygen atoms in total. The van der Waals surface area contributed by atoms with Gasteiger partial charge >= 0.3 is 0 Å². The van der Waals surface area contributed by atoms with Crippen LogP contribution in [0.1, 0.15) is 27.1 Å². The lowest BCUT2D eigenvalue weighted by Gasteiger charge is -2.13. The maximum absolute atomic E-state index is 4.37. The Labute approximate surface area is 98.0 Å². The van der Waals surface area contributed by atoms with E-state index in [1.807, 2.05) is 23.9 Å². The average Bonchev–Trinajstić information content (AvgIpc) is 2.79. The fourth-order valence-electron chi connectivity index (χ4n) is 1.76. The van der Waals surface area contributed by atoms with Crippen molar-refractivity contribution in [3.8, 4) is 0 Å². The maximum atomic E-state index is 4.37. The van der Waals surface area contributed by atoms with Crippen molar-refractivity contribution in [2.45, 2.75) is 19.9 Å². The highest BCUT2D eigenvalue weighted by molar-refractivity contribution is 7.12. The molecule has 0 aliphatic rings. The highest BCUT2D eigenvalue weighted by Gasteiger charge is 2.17. The van der Waals surface area contributed by atoms with Crippen molar-refractivity contribution in [3.63, 3.8) is 0 Å². The first-order valence-electron chi connectivity index (χ1n) is 4.84. The predicted octanol–water partition coefficient (Wildman–Crippen LogP) is 3.13. The van der Waals surface area contributed by atoms with Gasteiger partial charge in [-0.05, 0) is 32.5 Å². The van der Waals surface area contributed by atoms with Crippen LogP contribution in [0.25, 0.3) is 0 Å². The lowest BCUT2D eigenvalue weighted by Crippen LogP contribution is -2.18. The van der Waals surface area contributed by atoms with Gasteiger partial charge in [0.25, 0.3) is 0 Å². The first-order chi connectivity index (χ1) is 7.22. The van der Waals surface area contributed by atoms with Crippen LogP contribution >= 0.6 is 22.7 Å². The number of aryl methyl sites for hydroxylation is 2. The molecule has 2 aromatic rings. The van der Waals surface area contributed by atoms with E-state index in [1.165, 1.54) is 15.3 Å². The molecular formula is C11H14N2S2. The van der Waals surface area contributed by atoms with E-state index in [2.05, 4.69) is 35.6 Å². The van der Waals surface area contributed by atoms with E-state index in [0.29, 0.717) is 0 Å². The molecule has 2 heterocycles. The fraction of sp³-hybridized carbons (Fsp3) is 0.364. The SMILES string of the molecule is CNC(c1cscn1)c1cc(C)sc1C. The van der Waals surface area contributed by atoms with E-state index in [0.717, 1.165) is 5.69 Å². The summed E-state index contributed by atoms with van der Waals surface area (Å²) in [4.78, 5) is 7.11. The number of nitrogens with one attached hydrogen (secondary N) is 1. The van der Waals surface area contributed by atoms with Crippen LogP contribution in [0.3, 0.4) is 0 Å². The number of nitrogens with zero attached hydrogens (tertiary/aromatic N) is 1. The Bertz CT molecular complexity index is 431. The summed E-state index contributed by atoms with van der Waals surface area (Å²) < 4.78 is 0. The molecule has 2 aromatic heterocycles. The zero-order valence-corrected chi connectivity index (χ0v) is 10.7. The number of rotatable bonds is 3. The molecule has 1 unspecified atom stereocenters. The van der Waals surface area contributed by atoms with Crippen molar-refractivity contribution >= 4 is 22.7 Å². The molecule has 4 heteroatoms. The Morgan fingerprint density at radius 3 is 2.67 bits per heavy atom. The average molecular weight is 238 g/mol. The fourth-order valence-corrected chi connectivity index (χ4v) is 3.31. The third kappa shape index (κ3) is 2.12. The molecule has 2 rings (SSSR count). The second-order valence-corrected chi connectivity index (χ2v) is 5.68. The van der Waals surface area contributed by atoms with Crippen LogP contribution in [-0.2, 0) is 0 Å².